The molecule has 1 nitrogen and oxygen atoms in total. The molecular weight excluding hydrogens is 232 g/mol. The summed E-state index contributed by atoms with van der Waals surface area (Å²) in [5.74, 6) is 1.60. The summed E-state index contributed by atoms with van der Waals surface area (Å²) < 4.78 is 0. The van der Waals surface area contributed by atoms with Crippen molar-refractivity contribution in [3.05, 3.63) is 53.9 Å². The molecule has 0 unspecified atom stereocenters. The topological polar surface area (TPSA) is 20.2 Å². The number of aliphatic hydroxyl groups is 1. The van der Waals surface area contributed by atoms with Crippen molar-refractivity contribution in [3.63, 3.8) is 0 Å². The van der Waals surface area contributed by atoms with Gasteiger partial charge in [-0.05, 0) is 54.4 Å². The van der Waals surface area contributed by atoms with Gasteiger partial charge in [0.1, 0.15) is 0 Å². The molecule has 0 aromatic heterocycles. The summed E-state index contributed by atoms with van der Waals surface area (Å²) in [6, 6.07) is 14.6. The van der Waals surface area contributed by atoms with Crippen LogP contribution in [0, 0.1) is 5.92 Å². The number of benzene rings is 2. The number of hydrogen-bond donors (Lipinski definition) is 1. The monoisotopic (exact) mass is 253 g/mol. The lowest BCUT2D eigenvalue weighted by Gasteiger charge is -2.36. The maximum Gasteiger partial charge on any atom is 0.0903 e. The zero-order valence-corrected chi connectivity index (χ0v) is 11.5. The van der Waals surface area contributed by atoms with Crippen LogP contribution in [0.3, 0.4) is 0 Å². The maximum atomic E-state index is 11.0. The Morgan fingerprint density at radius 2 is 1.68 bits per heavy atom. The van der Waals surface area contributed by atoms with Crippen molar-refractivity contribution in [1.82, 2.24) is 0 Å². The van der Waals surface area contributed by atoms with Crippen LogP contribution >= 0.6 is 0 Å². The molecule has 19 heavy (non-hydrogen) atoms. The Bertz CT molecular complexity index is 559. The van der Waals surface area contributed by atoms with E-state index in [4.69, 9.17) is 0 Å². The van der Waals surface area contributed by atoms with E-state index in [0.717, 1.165) is 37.7 Å². The lowest BCUT2D eigenvalue weighted by Crippen LogP contribution is -2.31. The Hall–Kier alpha value is -1.34. The van der Waals surface area contributed by atoms with E-state index in [9.17, 15) is 5.11 Å². The second-order valence-corrected chi connectivity index (χ2v) is 5.66. The van der Waals surface area contributed by atoms with Gasteiger partial charge in [0.2, 0.25) is 0 Å². The number of rotatable bonds is 2. The highest BCUT2D eigenvalue weighted by molar-refractivity contribution is 5.86. The summed E-state index contributed by atoms with van der Waals surface area (Å²) in [7, 11) is 0. The van der Waals surface area contributed by atoms with Crippen LogP contribution in [0.4, 0.5) is 0 Å². The normalized spacial score (nSPS) is 19.7. The molecule has 1 radical (unpaired) electrons. The molecule has 1 aliphatic carbocycles. The molecule has 0 aliphatic heterocycles. The predicted molar refractivity (Wildman–Crippen MR) is 79.8 cm³/mol. The van der Waals surface area contributed by atoms with Crippen LogP contribution in [0.15, 0.2) is 42.5 Å². The molecule has 0 amide bonds. The molecule has 99 valence electrons. The fraction of sp³-hybridized carbons (Fsp3) is 0.389. The molecule has 0 bridgehead atoms. The Balaban J connectivity index is 2.00. The molecule has 1 aliphatic rings. The smallest absolute Gasteiger partial charge is 0.0903 e. The highest BCUT2D eigenvalue weighted by Crippen LogP contribution is 2.43. The third-order valence-electron chi connectivity index (χ3n) is 4.58. The zero-order valence-electron chi connectivity index (χ0n) is 11.5. The zero-order chi connectivity index (χ0) is 13.3. The van der Waals surface area contributed by atoms with Crippen LogP contribution in [0.25, 0.3) is 10.8 Å². The van der Waals surface area contributed by atoms with Crippen LogP contribution in [-0.4, -0.2) is 5.11 Å². The van der Waals surface area contributed by atoms with E-state index in [0.29, 0.717) is 0 Å². The van der Waals surface area contributed by atoms with Gasteiger partial charge < -0.3 is 5.11 Å². The van der Waals surface area contributed by atoms with E-state index in [1.54, 1.807) is 5.92 Å². The van der Waals surface area contributed by atoms with E-state index in [1.165, 1.54) is 10.8 Å². The molecule has 0 spiro atoms. The van der Waals surface area contributed by atoms with Gasteiger partial charge in [0, 0.05) is 0 Å². The first-order valence-corrected chi connectivity index (χ1v) is 7.27. The summed E-state index contributed by atoms with van der Waals surface area (Å²) in [4.78, 5) is 0. The third kappa shape index (κ3) is 2.28. The van der Waals surface area contributed by atoms with Gasteiger partial charge in [-0.3, -0.25) is 0 Å². The summed E-state index contributed by atoms with van der Waals surface area (Å²) in [6.07, 6.45) is 5.02. The van der Waals surface area contributed by atoms with Gasteiger partial charge in [-0.1, -0.05) is 49.4 Å². The lowest BCUT2D eigenvalue weighted by atomic mass is 9.73. The molecule has 2 aromatic rings. The minimum absolute atomic E-state index is 0.639. The highest BCUT2D eigenvalue weighted by atomic mass is 16.3. The van der Waals surface area contributed by atoms with Crippen LogP contribution in [0.5, 0.6) is 0 Å². The first-order chi connectivity index (χ1) is 9.23. The molecule has 1 N–H and O–H groups in total. The van der Waals surface area contributed by atoms with Gasteiger partial charge in [0.15, 0.2) is 0 Å². The van der Waals surface area contributed by atoms with Gasteiger partial charge in [0.05, 0.1) is 5.60 Å². The van der Waals surface area contributed by atoms with Crippen molar-refractivity contribution in [3.8, 4) is 0 Å². The minimum Gasteiger partial charge on any atom is -0.385 e. The number of hydrogen-bond acceptors (Lipinski definition) is 1. The molecular formula is C18H21O. The van der Waals surface area contributed by atoms with Crippen LogP contribution < -0.4 is 0 Å². The molecule has 1 heteroatoms. The van der Waals surface area contributed by atoms with Crippen LogP contribution in [-0.2, 0) is 5.60 Å². The fourth-order valence-corrected chi connectivity index (χ4v) is 3.27. The molecule has 0 atom stereocenters. The lowest BCUT2D eigenvalue weighted by molar-refractivity contribution is 0.00475. The Morgan fingerprint density at radius 1 is 1.00 bits per heavy atom. The van der Waals surface area contributed by atoms with Crippen LogP contribution in [0.1, 0.15) is 44.6 Å². The highest BCUT2D eigenvalue weighted by Gasteiger charge is 2.35. The second-order valence-electron chi connectivity index (χ2n) is 5.66. The van der Waals surface area contributed by atoms with Gasteiger partial charge in [0.25, 0.3) is 0 Å². The van der Waals surface area contributed by atoms with Crippen molar-refractivity contribution in [2.45, 2.75) is 44.6 Å². The van der Waals surface area contributed by atoms with E-state index in [-0.39, 0.29) is 0 Å². The standard InChI is InChI=1S/C18H21O/c1-2-14-10-12-18(19,13-11-14)17-9-5-7-15-6-3-4-8-16(15)17/h3-9,19H,2,10-13H2,1H3. The molecule has 0 saturated heterocycles. The predicted octanol–water partition coefficient (Wildman–Crippen LogP) is 4.59. The average molecular weight is 253 g/mol. The average Bonchev–Trinajstić information content (AvgIpc) is 2.47. The summed E-state index contributed by atoms with van der Waals surface area (Å²) >= 11 is 0. The third-order valence-corrected chi connectivity index (χ3v) is 4.58. The van der Waals surface area contributed by atoms with Crippen molar-refractivity contribution >= 4 is 10.8 Å². The van der Waals surface area contributed by atoms with Gasteiger partial charge in [-0.15, -0.1) is 0 Å². The molecule has 1 fully saturated rings. The van der Waals surface area contributed by atoms with E-state index >= 15 is 0 Å². The summed E-state index contributed by atoms with van der Waals surface area (Å²) in [5.41, 5.74) is 0.472. The van der Waals surface area contributed by atoms with E-state index in [2.05, 4.69) is 49.4 Å². The Kier molecular flexibility index (Phi) is 3.32. The Morgan fingerprint density at radius 3 is 2.42 bits per heavy atom. The summed E-state index contributed by atoms with van der Waals surface area (Å²) in [5, 5.41) is 13.5. The SMILES string of the molecule is CC[C]1CCC(O)(c2cccc3ccccc23)CC1. The van der Waals surface area contributed by atoms with Crippen molar-refractivity contribution < 1.29 is 5.11 Å². The minimum atomic E-state index is -0.639. The maximum absolute atomic E-state index is 11.0. The van der Waals surface area contributed by atoms with Crippen molar-refractivity contribution in [2.24, 2.45) is 0 Å². The molecule has 1 saturated carbocycles. The fourth-order valence-electron chi connectivity index (χ4n) is 3.27. The largest absolute Gasteiger partial charge is 0.385 e. The Labute approximate surface area is 115 Å². The molecule has 3 rings (SSSR count). The van der Waals surface area contributed by atoms with Gasteiger partial charge >= 0.3 is 0 Å². The van der Waals surface area contributed by atoms with Crippen LogP contribution in [0.2, 0.25) is 0 Å². The second kappa shape index (κ2) is 4.97. The van der Waals surface area contributed by atoms with Gasteiger partial charge in [-0.25, -0.2) is 0 Å². The molecule has 0 heterocycles. The first-order valence-electron chi connectivity index (χ1n) is 7.27. The van der Waals surface area contributed by atoms with E-state index in [1.807, 2.05) is 0 Å². The van der Waals surface area contributed by atoms with Crippen molar-refractivity contribution in [2.75, 3.05) is 0 Å². The first kappa shape index (κ1) is 12.7. The van der Waals surface area contributed by atoms with Crippen molar-refractivity contribution in [1.29, 1.82) is 0 Å². The van der Waals surface area contributed by atoms with E-state index < -0.39 is 5.60 Å². The van der Waals surface area contributed by atoms with Gasteiger partial charge in [-0.2, -0.15) is 0 Å². The summed E-state index contributed by atoms with van der Waals surface area (Å²) in [6.45, 7) is 2.22. The molecule has 2 aromatic carbocycles. The number of fused-ring (bicyclic) bond motifs is 1. The quantitative estimate of drug-likeness (QED) is 0.830.